The van der Waals surface area contributed by atoms with Gasteiger partial charge in [0.2, 0.25) is 0 Å². The normalized spacial score (nSPS) is 18.3. The molecule has 0 aliphatic carbocycles. The molecule has 1 amide bonds. The molecule has 3 aromatic carbocycles. The Balaban J connectivity index is 1.58. The fourth-order valence-corrected chi connectivity index (χ4v) is 5.67. The molecule has 0 fully saturated rings. The molecule has 3 aromatic rings. The van der Waals surface area contributed by atoms with Crippen LogP contribution in [0.1, 0.15) is 57.4 Å². The number of hydrogen-bond donors (Lipinski definition) is 2. The summed E-state index contributed by atoms with van der Waals surface area (Å²) >= 11 is 0. The number of hydrogen-bond acceptors (Lipinski definition) is 6. The summed E-state index contributed by atoms with van der Waals surface area (Å²) in [5.41, 5.74) is 1.16. The van der Waals surface area contributed by atoms with E-state index in [0.717, 1.165) is 11.1 Å². The number of carbonyl (C=O) groups excluding carboxylic acids is 1. The number of aliphatic hydroxyl groups excluding tert-OH is 1. The number of nitrogens with one attached hydrogen (secondary N) is 1. The number of ether oxygens (including phenoxy) is 2. The fourth-order valence-electron chi connectivity index (χ4n) is 4.62. The second kappa shape index (κ2) is 11.1. The summed E-state index contributed by atoms with van der Waals surface area (Å²) in [6.45, 7) is 11.5. The van der Waals surface area contributed by atoms with Crippen LogP contribution in [-0.2, 0) is 21.2 Å². The number of fused-ring (bicyclic) bond motifs is 1. The van der Waals surface area contributed by atoms with E-state index in [1.165, 1.54) is 0 Å². The molecule has 0 radical (unpaired) electrons. The Morgan fingerprint density at radius 2 is 1.70 bits per heavy atom. The molecule has 1 aliphatic rings. The van der Waals surface area contributed by atoms with Crippen molar-refractivity contribution < 1.29 is 27.8 Å². The monoisotopic (exact) mass is 566 g/mol. The van der Waals surface area contributed by atoms with E-state index in [9.17, 15) is 18.3 Å². The SMILES string of the molecule is Cc1ccc(S(=O)(=O)Nc2ccc3c(c2)OC(C)(C)[C@H](O)[C@H]3OC(=O)N(CCc2ccccc2)C(C)(C)C)cc1. The lowest BCUT2D eigenvalue weighted by Gasteiger charge is -2.43. The van der Waals surface area contributed by atoms with Gasteiger partial charge in [0.15, 0.2) is 6.10 Å². The van der Waals surface area contributed by atoms with Crippen molar-refractivity contribution in [1.29, 1.82) is 0 Å². The van der Waals surface area contributed by atoms with Crippen molar-refractivity contribution in [2.45, 2.75) is 76.2 Å². The van der Waals surface area contributed by atoms with Crippen molar-refractivity contribution in [1.82, 2.24) is 4.90 Å². The van der Waals surface area contributed by atoms with Gasteiger partial charge in [-0.3, -0.25) is 4.72 Å². The summed E-state index contributed by atoms with van der Waals surface area (Å²) in [5.74, 6) is 0.323. The first-order valence-electron chi connectivity index (χ1n) is 13.3. The number of anilines is 1. The van der Waals surface area contributed by atoms with E-state index in [1.54, 1.807) is 61.2 Å². The fraction of sp³-hybridized carbons (Fsp3) is 0.387. The van der Waals surface area contributed by atoms with Crippen LogP contribution < -0.4 is 9.46 Å². The lowest BCUT2D eigenvalue weighted by molar-refractivity contribution is -0.119. The van der Waals surface area contributed by atoms with Gasteiger partial charge in [0.05, 0.1) is 10.6 Å². The zero-order valence-corrected chi connectivity index (χ0v) is 24.7. The van der Waals surface area contributed by atoms with Crippen LogP contribution in [0, 0.1) is 6.92 Å². The van der Waals surface area contributed by atoms with E-state index in [-0.39, 0.29) is 10.6 Å². The number of rotatable bonds is 7. The summed E-state index contributed by atoms with van der Waals surface area (Å²) in [5, 5.41) is 11.2. The summed E-state index contributed by atoms with van der Waals surface area (Å²) in [4.78, 5) is 15.3. The maximum atomic E-state index is 13.5. The van der Waals surface area contributed by atoms with E-state index >= 15 is 0 Å². The molecule has 9 heteroatoms. The first-order chi connectivity index (χ1) is 18.7. The average Bonchev–Trinajstić information content (AvgIpc) is 2.86. The molecular formula is C31H38N2O6S. The molecule has 0 saturated heterocycles. The van der Waals surface area contributed by atoms with Crippen LogP contribution in [0.25, 0.3) is 0 Å². The number of aryl methyl sites for hydroxylation is 1. The third-order valence-corrected chi connectivity index (χ3v) is 8.40. The molecule has 2 atom stereocenters. The van der Waals surface area contributed by atoms with Crippen molar-refractivity contribution in [2.75, 3.05) is 11.3 Å². The molecule has 1 heterocycles. The molecule has 4 rings (SSSR count). The van der Waals surface area contributed by atoms with Crippen LogP contribution in [0.3, 0.4) is 0 Å². The Hall–Kier alpha value is -3.56. The number of amides is 1. The van der Waals surface area contributed by atoms with Gasteiger partial charge in [-0.1, -0.05) is 48.0 Å². The smallest absolute Gasteiger partial charge is 0.410 e. The molecule has 0 aromatic heterocycles. The van der Waals surface area contributed by atoms with Crippen molar-refractivity contribution in [3.8, 4) is 5.75 Å². The molecular weight excluding hydrogens is 528 g/mol. The molecule has 0 saturated carbocycles. The second-order valence-corrected chi connectivity index (χ2v) is 13.4. The van der Waals surface area contributed by atoms with Crippen molar-refractivity contribution >= 4 is 21.8 Å². The van der Waals surface area contributed by atoms with Gasteiger partial charge in [-0.2, -0.15) is 0 Å². The molecule has 8 nitrogen and oxygen atoms in total. The lowest BCUT2D eigenvalue weighted by atomic mass is 9.88. The minimum Gasteiger partial charge on any atom is -0.484 e. The minimum atomic E-state index is -3.83. The van der Waals surface area contributed by atoms with E-state index < -0.39 is 39.5 Å². The predicted octanol–water partition coefficient (Wildman–Crippen LogP) is 5.85. The van der Waals surface area contributed by atoms with Crippen LogP contribution in [0.4, 0.5) is 10.5 Å². The number of benzene rings is 3. The van der Waals surface area contributed by atoms with Crippen LogP contribution in [0.15, 0.2) is 77.7 Å². The topological polar surface area (TPSA) is 105 Å². The van der Waals surface area contributed by atoms with Crippen molar-refractivity contribution in [2.24, 2.45) is 0 Å². The molecule has 40 heavy (non-hydrogen) atoms. The highest BCUT2D eigenvalue weighted by Crippen LogP contribution is 2.43. The van der Waals surface area contributed by atoms with Gasteiger partial charge in [0, 0.05) is 23.7 Å². The zero-order valence-electron chi connectivity index (χ0n) is 23.8. The summed E-state index contributed by atoms with van der Waals surface area (Å²) < 4.78 is 40.5. The number of sulfonamides is 1. The molecule has 0 bridgehead atoms. The number of nitrogens with zero attached hydrogens (tertiary/aromatic N) is 1. The van der Waals surface area contributed by atoms with Gasteiger partial charge in [-0.15, -0.1) is 0 Å². The van der Waals surface area contributed by atoms with Gasteiger partial charge in [-0.05, 0) is 77.8 Å². The average molecular weight is 567 g/mol. The third-order valence-electron chi connectivity index (χ3n) is 7.00. The molecule has 214 valence electrons. The Labute approximate surface area is 237 Å². The minimum absolute atomic E-state index is 0.136. The van der Waals surface area contributed by atoms with Crippen LogP contribution >= 0.6 is 0 Å². The third kappa shape index (κ3) is 6.59. The van der Waals surface area contributed by atoms with Gasteiger partial charge >= 0.3 is 6.09 Å². The molecule has 0 unspecified atom stereocenters. The molecule has 1 aliphatic heterocycles. The second-order valence-electron chi connectivity index (χ2n) is 11.7. The molecule has 2 N–H and O–H groups in total. The Bertz CT molecular complexity index is 1450. The largest absolute Gasteiger partial charge is 0.484 e. The summed E-state index contributed by atoms with van der Waals surface area (Å²) in [7, 11) is -3.83. The maximum absolute atomic E-state index is 13.5. The number of aliphatic hydroxyl groups is 1. The van der Waals surface area contributed by atoms with Gasteiger partial charge in [0.25, 0.3) is 10.0 Å². The standard InChI is InChI=1S/C31H38N2O6S/c1-21-12-15-24(16-13-21)40(36,37)32-23-14-17-25-26(20-23)39-31(5,6)28(34)27(25)38-29(35)33(30(2,3)4)19-18-22-10-8-7-9-11-22/h7-17,20,27-28,32,34H,18-19H2,1-6H3/t27-,28+/m0/s1. The van der Waals surface area contributed by atoms with Crippen molar-refractivity contribution in [3.63, 3.8) is 0 Å². The van der Waals surface area contributed by atoms with Crippen LogP contribution in [-0.4, -0.2) is 48.3 Å². The first-order valence-corrected chi connectivity index (χ1v) is 14.8. The number of carbonyl (C=O) groups is 1. The predicted molar refractivity (Wildman–Crippen MR) is 155 cm³/mol. The van der Waals surface area contributed by atoms with E-state index in [2.05, 4.69) is 4.72 Å². The zero-order chi connectivity index (χ0) is 29.3. The van der Waals surface area contributed by atoms with E-state index in [0.29, 0.717) is 24.3 Å². The van der Waals surface area contributed by atoms with Gasteiger partial charge in [-0.25, -0.2) is 13.2 Å². The van der Waals surface area contributed by atoms with Gasteiger partial charge in [0.1, 0.15) is 17.5 Å². The summed E-state index contributed by atoms with van der Waals surface area (Å²) in [6, 6.07) is 21.2. The lowest BCUT2D eigenvalue weighted by Crippen LogP contribution is -2.52. The maximum Gasteiger partial charge on any atom is 0.410 e. The highest BCUT2D eigenvalue weighted by atomic mass is 32.2. The van der Waals surface area contributed by atoms with E-state index in [4.69, 9.17) is 9.47 Å². The summed E-state index contributed by atoms with van der Waals surface area (Å²) in [6.07, 6.45) is -2.08. The van der Waals surface area contributed by atoms with Crippen LogP contribution in [0.5, 0.6) is 5.75 Å². The molecule has 0 spiro atoms. The van der Waals surface area contributed by atoms with Crippen molar-refractivity contribution in [3.05, 3.63) is 89.5 Å². The highest BCUT2D eigenvalue weighted by Gasteiger charge is 2.46. The Kier molecular flexibility index (Phi) is 8.19. The van der Waals surface area contributed by atoms with E-state index in [1.807, 2.05) is 58.0 Å². The Morgan fingerprint density at radius 3 is 2.33 bits per heavy atom. The highest BCUT2D eigenvalue weighted by molar-refractivity contribution is 7.92. The first kappa shape index (κ1) is 29.4. The van der Waals surface area contributed by atoms with Gasteiger partial charge < -0.3 is 19.5 Å². The quantitative estimate of drug-likeness (QED) is 0.372. The van der Waals surface area contributed by atoms with Crippen LogP contribution in [0.2, 0.25) is 0 Å². The Morgan fingerprint density at radius 1 is 1.05 bits per heavy atom.